The van der Waals surface area contributed by atoms with Crippen LogP contribution in [-0.4, -0.2) is 17.0 Å². The minimum atomic E-state index is -0.476. The molecular formula is C16H16N2O3. The second-order valence-corrected chi connectivity index (χ2v) is 4.62. The Labute approximate surface area is 122 Å². The van der Waals surface area contributed by atoms with Crippen LogP contribution in [0.25, 0.3) is 0 Å². The molecule has 2 aromatic rings. The first-order valence-electron chi connectivity index (χ1n) is 6.53. The van der Waals surface area contributed by atoms with Crippen molar-refractivity contribution in [3.05, 3.63) is 65.7 Å². The van der Waals surface area contributed by atoms with Gasteiger partial charge in [-0.15, -0.1) is 0 Å². The lowest BCUT2D eigenvalue weighted by Crippen LogP contribution is -2.20. The third-order valence-electron chi connectivity index (χ3n) is 2.93. The van der Waals surface area contributed by atoms with E-state index in [1.54, 1.807) is 29.7 Å². The van der Waals surface area contributed by atoms with Crippen LogP contribution in [0.3, 0.4) is 0 Å². The van der Waals surface area contributed by atoms with Crippen LogP contribution in [0, 0.1) is 0 Å². The molecule has 21 heavy (non-hydrogen) atoms. The van der Waals surface area contributed by atoms with Crippen LogP contribution in [0.4, 0.5) is 5.69 Å². The zero-order chi connectivity index (χ0) is 15.1. The molecule has 0 unspecified atom stereocenters. The number of amides is 2. The van der Waals surface area contributed by atoms with Crippen molar-refractivity contribution in [2.24, 2.45) is 0 Å². The SMILES string of the molecule is O=C(Cc1ccc(NC(=O)Cc2ccccc2)cc1)NO. The van der Waals surface area contributed by atoms with E-state index in [9.17, 15) is 9.59 Å². The molecular weight excluding hydrogens is 268 g/mol. The molecule has 0 spiro atoms. The summed E-state index contributed by atoms with van der Waals surface area (Å²) in [6.07, 6.45) is 0.407. The zero-order valence-corrected chi connectivity index (χ0v) is 11.4. The summed E-state index contributed by atoms with van der Waals surface area (Å²) in [5.74, 6) is -0.571. The Balaban J connectivity index is 1.91. The third kappa shape index (κ3) is 4.74. The average Bonchev–Trinajstić information content (AvgIpc) is 2.50. The highest BCUT2D eigenvalue weighted by Gasteiger charge is 2.05. The first-order valence-corrected chi connectivity index (χ1v) is 6.53. The Kier molecular flexibility index (Phi) is 5.06. The average molecular weight is 284 g/mol. The van der Waals surface area contributed by atoms with Gasteiger partial charge in [0, 0.05) is 5.69 Å². The van der Waals surface area contributed by atoms with Crippen molar-refractivity contribution in [2.75, 3.05) is 5.32 Å². The topological polar surface area (TPSA) is 78.4 Å². The van der Waals surface area contributed by atoms with Gasteiger partial charge in [0.1, 0.15) is 0 Å². The Morgan fingerprint density at radius 2 is 1.38 bits per heavy atom. The molecule has 0 saturated carbocycles. The maximum atomic E-state index is 11.9. The lowest BCUT2D eigenvalue weighted by molar-refractivity contribution is -0.128. The molecule has 5 nitrogen and oxygen atoms in total. The molecule has 0 aromatic heterocycles. The Hall–Kier alpha value is -2.66. The summed E-state index contributed by atoms with van der Waals surface area (Å²) in [6, 6.07) is 16.4. The maximum absolute atomic E-state index is 11.9. The van der Waals surface area contributed by atoms with Crippen molar-refractivity contribution in [1.82, 2.24) is 5.48 Å². The predicted octanol–water partition coefficient (Wildman–Crippen LogP) is 1.92. The largest absolute Gasteiger partial charge is 0.326 e. The molecule has 0 bridgehead atoms. The Morgan fingerprint density at radius 3 is 2.00 bits per heavy atom. The van der Waals surface area contributed by atoms with Crippen molar-refractivity contribution in [2.45, 2.75) is 12.8 Å². The molecule has 0 aliphatic carbocycles. The lowest BCUT2D eigenvalue weighted by Gasteiger charge is -2.06. The van der Waals surface area contributed by atoms with Gasteiger partial charge in [-0.05, 0) is 23.3 Å². The third-order valence-corrected chi connectivity index (χ3v) is 2.93. The van der Waals surface area contributed by atoms with E-state index in [-0.39, 0.29) is 12.3 Å². The van der Waals surface area contributed by atoms with Crippen LogP contribution in [0.5, 0.6) is 0 Å². The summed E-state index contributed by atoms with van der Waals surface area (Å²) >= 11 is 0. The summed E-state index contributed by atoms with van der Waals surface area (Å²) in [5, 5.41) is 11.2. The van der Waals surface area contributed by atoms with Gasteiger partial charge in [0.15, 0.2) is 0 Å². The molecule has 0 aliphatic heterocycles. The number of carbonyl (C=O) groups excluding carboxylic acids is 2. The number of hydrogen-bond donors (Lipinski definition) is 3. The molecule has 0 aliphatic rings. The quantitative estimate of drug-likeness (QED) is 0.580. The van der Waals surface area contributed by atoms with E-state index >= 15 is 0 Å². The number of hydrogen-bond acceptors (Lipinski definition) is 3. The fourth-order valence-electron chi connectivity index (χ4n) is 1.92. The number of hydroxylamine groups is 1. The molecule has 2 aromatic carbocycles. The van der Waals surface area contributed by atoms with E-state index in [1.807, 2.05) is 30.3 Å². The molecule has 2 amide bonds. The van der Waals surface area contributed by atoms with Gasteiger partial charge in [0.2, 0.25) is 11.8 Å². The van der Waals surface area contributed by atoms with Crippen molar-refractivity contribution >= 4 is 17.5 Å². The molecule has 3 N–H and O–H groups in total. The van der Waals surface area contributed by atoms with Crippen LogP contribution < -0.4 is 10.8 Å². The van der Waals surface area contributed by atoms with Gasteiger partial charge in [-0.25, -0.2) is 5.48 Å². The normalized spacial score (nSPS) is 9.95. The molecule has 0 heterocycles. The highest BCUT2D eigenvalue weighted by atomic mass is 16.5. The van der Waals surface area contributed by atoms with Gasteiger partial charge in [-0.3, -0.25) is 14.8 Å². The predicted molar refractivity (Wildman–Crippen MR) is 78.9 cm³/mol. The number of benzene rings is 2. The molecule has 0 radical (unpaired) electrons. The summed E-state index contributed by atoms with van der Waals surface area (Å²) < 4.78 is 0. The number of nitrogens with one attached hydrogen (secondary N) is 2. The highest BCUT2D eigenvalue weighted by Crippen LogP contribution is 2.11. The Bertz CT molecular complexity index is 609. The second kappa shape index (κ2) is 7.21. The lowest BCUT2D eigenvalue weighted by atomic mass is 10.1. The van der Waals surface area contributed by atoms with Crippen LogP contribution >= 0.6 is 0 Å². The molecule has 0 fully saturated rings. The van der Waals surface area contributed by atoms with Crippen molar-refractivity contribution in [1.29, 1.82) is 0 Å². The van der Waals surface area contributed by atoms with Crippen LogP contribution in [-0.2, 0) is 22.4 Å². The van der Waals surface area contributed by atoms with Crippen molar-refractivity contribution < 1.29 is 14.8 Å². The second-order valence-electron chi connectivity index (χ2n) is 4.62. The van der Waals surface area contributed by atoms with E-state index in [1.165, 1.54) is 0 Å². The minimum Gasteiger partial charge on any atom is -0.326 e. The molecule has 0 atom stereocenters. The monoisotopic (exact) mass is 284 g/mol. The van der Waals surface area contributed by atoms with Crippen LogP contribution in [0.2, 0.25) is 0 Å². The van der Waals surface area contributed by atoms with Crippen LogP contribution in [0.15, 0.2) is 54.6 Å². The Morgan fingerprint density at radius 1 is 0.810 bits per heavy atom. The minimum absolute atomic E-state index is 0.0920. The molecule has 2 rings (SSSR count). The maximum Gasteiger partial charge on any atom is 0.247 e. The van der Waals surface area contributed by atoms with E-state index in [0.29, 0.717) is 12.1 Å². The summed E-state index contributed by atoms with van der Waals surface area (Å²) in [5.41, 5.74) is 3.95. The molecule has 0 saturated heterocycles. The highest BCUT2D eigenvalue weighted by molar-refractivity contribution is 5.92. The van der Waals surface area contributed by atoms with Gasteiger partial charge in [0.05, 0.1) is 12.8 Å². The van der Waals surface area contributed by atoms with E-state index in [4.69, 9.17) is 5.21 Å². The summed E-state index contributed by atoms with van der Waals surface area (Å²) in [7, 11) is 0. The fraction of sp³-hybridized carbons (Fsp3) is 0.125. The number of anilines is 1. The standard InChI is InChI=1S/C16H16N2O3/c19-15(10-12-4-2-1-3-5-12)17-14-8-6-13(7-9-14)11-16(20)18-21/h1-9,21H,10-11H2,(H,17,19)(H,18,20). The van der Waals surface area contributed by atoms with Gasteiger partial charge in [-0.1, -0.05) is 42.5 Å². The van der Waals surface area contributed by atoms with E-state index in [2.05, 4.69) is 5.32 Å². The number of carbonyl (C=O) groups is 2. The van der Waals surface area contributed by atoms with E-state index < -0.39 is 5.91 Å². The van der Waals surface area contributed by atoms with Gasteiger partial charge in [0.25, 0.3) is 0 Å². The van der Waals surface area contributed by atoms with Crippen molar-refractivity contribution in [3.63, 3.8) is 0 Å². The van der Waals surface area contributed by atoms with Gasteiger partial charge < -0.3 is 5.32 Å². The van der Waals surface area contributed by atoms with Gasteiger partial charge >= 0.3 is 0 Å². The van der Waals surface area contributed by atoms with Crippen molar-refractivity contribution in [3.8, 4) is 0 Å². The smallest absolute Gasteiger partial charge is 0.247 e. The first kappa shape index (κ1) is 14.7. The number of rotatable bonds is 5. The summed E-state index contributed by atoms with van der Waals surface area (Å²) in [4.78, 5) is 22.9. The van der Waals surface area contributed by atoms with Crippen LogP contribution in [0.1, 0.15) is 11.1 Å². The molecule has 5 heteroatoms. The van der Waals surface area contributed by atoms with E-state index in [0.717, 1.165) is 11.1 Å². The van der Waals surface area contributed by atoms with Gasteiger partial charge in [-0.2, -0.15) is 0 Å². The first-order chi connectivity index (χ1) is 10.2. The summed E-state index contributed by atoms with van der Waals surface area (Å²) in [6.45, 7) is 0. The molecule has 108 valence electrons. The fourth-order valence-corrected chi connectivity index (χ4v) is 1.92. The zero-order valence-electron chi connectivity index (χ0n) is 11.4.